The number of carbonyl (C=O) groups excluding carboxylic acids is 1. The molecule has 0 atom stereocenters. The Morgan fingerprint density at radius 2 is 2.08 bits per heavy atom. The van der Waals surface area contributed by atoms with Gasteiger partial charge in [0.15, 0.2) is 0 Å². The number of hydrogen-bond acceptors (Lipinski definition) is 3. The van der Waals surface area contributed by atoms with Gasteiger partial charge in [0, 0.05) is 30.6 Å². The van der Waals surface area contributed by atoms with Gasteiger partial charge in [0.05, 0.1) is 12.2 Å². The van der Waals surface area contributed by atoms with Gasteiger partial charge in [-0.2, -0.15) is 11.8 Å². The predicted molar refractivity (Wildman–Crippen MR) is 106 cm³/mol. The lowest BCUT2D eigenvalue weighted by atomic mass is 10.2. The summed E-state index contributed by atoms with van der Waals surface area (Å²) in [5, 5.41) is 3.77. The number of pyridine rings is 1. The third-order valence-electron chi connectivity index (χ3n) is 3.81. The third-order valence-corrected chi connectivity index (χ3v) is 5.27. The number of rotatable bonds is 8. The molecule has 0 aliphatic rings. The Kier molecular flexibility index (Phi) is 8.09. The number of nitrogens with zero attached hydrogens (tertiary/aromatic N) is 2. The minimum absolute atomic E-state index is 0.0684. The Morgan fingerprint density at radius 3 is 2.84 bits per heavy atom. The summed E-state index contributed by atoms with van der Waals surface area (Å²) in [6.45, 7) is 3.18. The standard InChI is InChI=1S/C19H24ClN3OS/c1-15-7-5-10-21-18(15)13-23(2)19(24)22-11-6-12-25-14-16-8-3-4-9-17(16)20/h3-5,7-10H,6,11-14H2,1-2H3,(H,22,24). The van der Waals surface area contributed by atoms with E-state index < -0.39 is 0 Å². The number of aromatic nitrogens is 1. The topological polar surface area (TPSA) is 45.2 Å². The van der Waals surface area contributed by atoms with E-state index >= 15 is 0 Å². The first-order valence-corrected chi connectivity index (χ1v) is 9.82. The van der Waals surface area contributed by atoms with Crippen LogP contribution >= 0.6 is 23.4 Å². The highest BCUT2D eigenvalue weighted by molar-refractivity contribution is 7.98. The average molecular weight is 378 g/mol. The fraction of sp³-hybridized carbons (Fsp3) is 0.368. The normalized spacial score (nSPS) is 10.5. The number of carbonyl (C=O) groups is 1. The van der Waals surface area contributed by atoms with Crippen LogP contribution in [-0.2, 0) is 12.3 Å². The van der Waals surface area contributed by atoms with Crippen molar-refractivity contribution in [1.29, 1.82) is 0 Å². The molecule has 0 saturated carbocycles. The maximum atomic E-state index is 12.1. The molecule has 0 aliphatic heterocycles. The lowest BCUT2D eigenvalue weighted by Gasteiger charge is -2.18. The number of halogens is 1. The largest absolute Gasteiger partial charge is 0.338 e. The molecular formula is C19H24ClN3OS. The van der Waals surface area contributed by atoms with Gasteiger partial charge in [-0.1, -0.05) is 35.9 Å². The molecule has 0 radical (unpaired) electrons. The Labute approximate surface area is 159 Å². The van der Waals surface area contributed by atoms with Crippen molar-refractivity contribution in [2.75, 3.05) is 19.3 Å². The molecule has 1 aromatic heterocycles. The molecule has 0 bridgehead atoms. The number of urea groups is 1. The van der Waals surface area contributed by atoms with Crippen LogP contribution in [0.1, 0.15) is 23.2 Å². The second-order valence-electron chi connectivity index (χ2n) is 5.85. The zero-order chi connectivity index (χ0) is 18.1. The van der Waals surface area contributed by atoms with Crippen LogP contribution in [-0.4, -0.2) is 35.3 Å². The average Bonchev–Trinajstić information content (AvgIpc) is 2.61. The molecule has 0 fully saturated rings. The van der Waals surface area contributed by atoms with Crippen LogP contribution in [0.15, 0.2) is 42.6 Å². The Bertz CT molecular complexity index is 696. The molecule has 1 N–H and O–H groups in total. The van der Waals surface area contributed by atoms with Gasteiger partial charge in [0.25, 0.3) is 0 Å². The zero-order valence-electron chi connectivity index (χ0n) is 14.7. The van der Waals surface area contributed by atoms with Crippen molar-refractivity contribution in [2.24, 2.45) is 0 Å². The molecule has 4 nitrogen and oxygen atoms in total. The van der Waals surface area contributed by atoms with Gasteiger partial charge < -0.3 is 10.2 Å². The van der Waals surface area contributed by atoms with Crippen molar-refractivity contribution in [2.45, 2.75) is 25.6 Å². The van der Waals surface area contributed by atoms with Crippen molar-refractivity contribution in [3.8, 4) is 0 Å². The third kappa shape index (κ3) is 6.59. The van der Waals surface area contributed by atoms with Gasteiger partial charge in [0.1, 0.15) is 0 Å². The van der Waals surface area contributed by atoms with E-state index in [1.807, 2.05) is 55.1 Å². The highest BCUT2D eigenvalue weighted by atomic mass is 35.5. The van der Waals surface area contributed by atoms with Crippen LogP contribution in [0.4, 0.5) is 4.79 Å². The minimum atomic E-state index is -0.0684. The second kappa shape index (κ2) is 10.3. The molecule has 0 unspecified atom stereocenters. The highest BCUT2D eigenvalue weighted by Crippen LogP contribution is 2.20. The Balaban J connectivity index is 1.62. The van der Waals surface area contributed by atoms with E-state index in [9.17, 15) is 4.79 Å². The van der Waals surface area contributed by atoms with Gasteiger partial charge in [-0.25, -0.2) is 4.79 Å². The number of benzene rings is 1. The van der Waals surface area contributed by atoms with Crippen LogP contribution in [0.2, 0.25) is 5.02 Å². The van der Waals surface area contributed by atoms with E-state index in [4.69, 9.17) is 11.6 Å². The molecule has 0 spiro atoms. The number of nitrogens with one attached hydrogen (secondary N) is 1. The van der Waals surface area contributed by atoms with Crippen LogP contribution in [0, 0.1) is 6.92 Å². The summed E-state index contributed by atoms with van der Waals surface area (Å²) in [6.07, 6.45) is 2.68. The van der Waals surface area contributed by atoms with Gasteiger partial charge in [0.2, 0.25) is 0 Å². The van der Waals surface area contributed by atoms with E-state index in [2.05, 4.69) is 10.3 Å². The van der Waals surface area contributed by atoms with E-state index in [0.29, 0.717) is 13.1 Å². The summed E-state index contributed by atoms with van der Waals surface area (Å²) in [7, 11) is 1.79. The van der Waals surface area contributed by atoms with Crippen molar-refractivity contribution < 1.29 is 4.79 Å². The summed E-state index contributed by atoms with van der Waals surface area (Å²) in [4.78, 5) is 18.1. The van der Waals surface area contributed by atoms with E-state index in [1.165, 1.54) is 0 Å². The maximum Gasteiger partial charge on any atom is 0.317 e. The van der Waals surface area contributed by atoms with Crippen LogP contribution in [0.3, 0.4) is 0 Å². The molecule has 1 aromatic carbocycles. The lowest BCUT2D eigenvalue weighted by molar-refractivity contribution is 0.206. The molecule has 0 aliphatic carbocycles. The van der Waals surface area contributed by atoms with Crippen LogP contribution in [0.5, 0.6) is 0 Å². The minimum Gasteiger partial charge on any atom is -0.338 e. The molecule has 25 heavy (non-hydrogen) atoms. The van der Waals surface area contributed by atoms with Gasteiger partial charge in [-0.3, -0.25) is 4.98 Å². The van der Waals surface area contributed by atoms with Crippen molar-refractivity contribution in [1.82, 2.24) is 15.2 Å². The van der Waals surface area contributed by atoms with Gasteiger partial charge >= 0.3 is 6.03 Å². The SMILES string of the molecule is Cc1cccnc1CN(C)C(=O)NCCCSCc1ccccc1Cl. The fourth-order valence-electron chi connectivity index (χ4n) is 2.28. The highest BCUT2D eigenvalue weighted by Gasteiger charge is 2.10. The van der Waals surface area contributed by atoms with Crippen molar-refractivity contribution >= 4 is 29.4 Å². The van der Waals surface area contributed by atoms with E-state index in [1.54, 1.807) is 18.1 Å². The first-order valence-electron chi connectivity index (χ1n) is 8.28. The first-order chi connectivity index (χ1) is 12.1. The number of thioether (sulfide) groups is 1. The number of hydrogen-bond donors (Lipinski definition) is 1. The van der Waals surface area contributed by atoms with Crippen LogP contribution in [0.25, 0.3) is 0 Å². The molecule has 0 saturated heterocycles. The van der Waals surface area contributed by atoms with Crippen molar-refractivity contribution in [3.63, 3.8) is 0 Å². The number of aryl methyl sites for hydroxylation is 1. The molecule has 1 heterocycles. The Hall–Kier alpha value is -1.72. The van der Waals surface area contributed by atoms with Crippen molar-refractivity contribution in [3.05, 3.63) is 64.4 Å². The quantitative estimate of drug-likeness (QED) is 0.688. The first kappa shape index (κ1) is 19.6. The second-order valence-corrected chi connectivity index (χ2v) is 7.36. The van der Waals surface area contributed by atoms with E-state index in [0.717, 1.165) is 39.8 Å². The van der Waals surface area contributed by atoms with Gasteiger partial charge in [-0.15, -0.1) is 0 Å². The predicted octanol–water partition coefficient (Wildman–Crippen LogP) is 4.51. The Morgan fingerprint density at radius 1 is 1.28 bits per heavy atom. The van der Waals surface area contributed by atoms with Gasteiger partial charge in [-0.05, 0) is 42.4 Å². The van der Waals surface area contributed by atoms with Crippen LogP contribution < -0.4 is 5.32 Å². The number of amides is 2. The molecule has 2 aromatic rings. The molecule has 6 heteroatoms. The zero-order valence-corrected chi connectivity index (χ0v) is 16.2. The fourth-order valence-corrected chi connectivity index (χ4v) is 3.53. The summed E-state index contributed by atoms with van der Waals surface area (Å²) >= 11 is 7.96. The molecule has 2 rings (SSSR count). The summed E-state index contributed by atoms with van der Waals surface area (Å²) in [5.41, 5.74) is 3.18. The maximum absolute atomic E-state index is 12.1. The summed E-state index contributed by atoms with van der Waals surface area (Å²) < 4.78 is 0. The smallest absolute Gasteiger partial charge is 0.317 e. The monoisotopic (exact) mass is 377 g/mol. The molecule has 134 valence electrons. The van der Waals surface area contributed by atoms with E-state index in [-0.39, 0.29) is 6.03 Å². The molecule has 2 amide bonds. The summed E-state index contributed by atoms with van der Waals surface area (Å²) in [6, 6.07) is 11.7. The lowest BCUT2D eigenvalue weighted by Crippen LogP contribution is -2.37. The molecular weight excluding hydrogens is 354 g/mol. The summed E-state index contributed by atoms with van der Waals surface area (Å²) in [5.74, 6) is 1.88.